The van der Waals surface area contributed by atoms with Gasteiger partial charge in [-0.3, -0.25) is 0 Å². The smallest absolute Gasteiger partial charge is 0.158 e. The zero-order valence-corrected chi connectivity index (χ0v) is 8.94. The van der Waals surface area contributed by atoms with E-state index < -0.39 is 0 Å². The van der Waals surface area contributed by atoms with Crippen LogP contribution < -0.4 is 11.1 Å². The fourth-order valence-corrected chi connectivity index (χ4v) is 1.15. The van der Waals surface area contributed by atoms with Crippen molar-refractivity contribution < 1.29 is 0 Å². The molecule has 15 heavy (non-hydrogen) atoms. The van der Waals surface area contributed by atoms with E-state index in [2.05, 4.69) is 29.1 Å². The quantitative estimate of drug-likeness (QED) is 0.757. The monoisotopic (exact) mass is 205 g/mol. The average Bonchev–Trinajstić information content (AvgIpc) is 2.26. The highest BCUT2D eigenvalue weighted by Gasteiger charge is 2.11. The Hall–Kier alpha value is -1.67. The Kier molecular flexibility index (Phi) is 4.01. The summed E-state index contributed by atoms with van der Waals surface area (Å²) in [5.74, 6) is 1.07. The summed E-state index contributed by atoms with van der Waals surface area (Å²) in [5, 5.41) is 11.7. The Bertz CT molecular complexity index is 338. The van der Waals surface area contributed by atoms with E-state index in [1.807, 2.05) is 6.07 Å². The minimum Gasteiger partial charge on any atom is -0.365 e. The van der Waals surface area contributed by atoms with Crippen molar-refractivity contribution in [1.29, 1.82) is 5.26 Å². The van der Waals surface area contributed by atoms with E-state index in [0.717, 1.165) is 0 Å². The first-order valence-electron chi connectivity index (χ1n) is 4.86. The summed E-state index contributed by atoms with van der Waals surface area (Å²) >= 11 is 0. The van der Waals surface area contributed by atoms with Crippen molar-refractivity contribution in [3.05, 3.63) is 18.1 Å². The highest BCUT2D eigenvalue weighted by Crippen LogP contribution is 2.08. The number of hydrogen-bond acceptors (Lipinski definition) is 5. The van der Waals surface area contributed by atoms with Gasteiger partial charge in [-0.25, -0.2) is 9.97 Å². The molecule has 1 rings (SSSR count). The molecule has 0 bridgehead atoms. The van der Waals surface area contributed by atoms with Gasteiger partial charge in [0.05, 0.1) is 12.4 Å². The minimum absolute atomic E-state index is 0.173. The molecule has 0 aliphatic rings. The third-order valence-electron chi connectivity index (χ3n) is 2.16. The number of anilines is 1. The van der Waals surface area contributed by atoms with Crippen molar-refractivity contribution in [2.45, 2.75) is 19.9 Å². The molecule has 1 atom stereocenters. The predicted octanol–water partition coefficient (Wildman–Crippen LogP) is 0.743. The van der Waals surface area contributed by atoms with Crippen molar-refractivity contribution in [3.8, 4) is 6.07 Å². The molecule has 0 amide bonds. The lowest BCUT2D eigenvalue weighted by Crippen LogP contribution is -2.34. The van der Waals surface area contributed by atoms with E-state index in [1.165, 1.54) is 6.20 Å². The summed E-state index contributed by atoms with van der Waals surface area (Å²) in [6, 6.07) is 2.09. The van der Waals surface area contributed by atoms with E-state index in [4.69, 9.17) is 11.0 Å². The van der Waals surface area contributed by atoms with Crippen LogP contribution in [0.4, 0.5) is 5.82 Å². The Morgan fingerprint density at radius 1 is 1.47 bits per heavy atom. The standard InChI is InChI=1S/C10H15N5/c1-7(2)9(4-12)15-10-6-13-8(3-11)5-14-10/h5-7,9H,4,12H2,1-2H3,(H,14,15). The molecule has 0 aromatic carbocycles. The van der Waals surface area contributed by atoms with Crippen LogP contribution in [0.5, 0.6) is 0 Å². The Balaban J connectivity index is 2.68. The molecule has 0 fully saturated rings. The summed E-state index contributed by atoms with van der Waals surface area (Å²) in [5.41, 5.74) is 5.93. The van der Waals surface area contributed by atoms with Crippen LogP contribution in [0, 0.1) is 17.2 Å². The minimum atomic E-state index is 0.173. The molecule has 0 radical (unpaired) electrons. The number of rotatable bonds is 4. The highest BCUT2D eigenvalue weighted by atomic mass is 15.0. The van der Waals surface area contributed by atoms with Crippen molar-refractivity contribution in [2.75, 3.05) is 11.9 Å². The first-order valence-corrected chi connectivity index (χ1v) is 4.86. The first-order chi connectivity index (χ1) is 7.17. The van der Waals surface area contributed by atoms with Crippen LogP contribution in [-0.2, 0) is 0 Å². The molecule has 1 aromatic rings. The highest BCUT2D eigenvalue weighted by molar-refractivity contribution is 5.34. The molecule has 5 nitrogen and oxygen atoms in total. The van der Waals surface area contributed by atoms with Gasteiger partial charge in [-0.1, -0.05) is 13.8 Å². The average molecular weight is 205 g/mol. The molecule has 0 saturated heterocycles. The van der Waals surface area contributed by atoms with Gasteiger partial charge in [0.25, 0.3) is 0 Å². The van der Waals surface area contributed by atoms with Gasteiger partial charge in [-0.05, 0) is 5.92 Å². The molecule has 0 aliphatic heterocycles. The number of nitrogens with zero attached hydrogens (tertiary/aromatic N) is 3. The van der Waals surface area contributed by atoms with Crippen molar-refractivity contribution in [1.82, 2.24) is 9.97 Å². The van der Waals surface area contributed by atoms with E-state index in [0.29, 0.717) is 24.0 Å². The molecule has 5 heteroatoms. The van der Waals surface area contributed by atoms with Gasteiger partial charge < -0.3 is 11.1 Å². The second kappa shape index (κ2) is 5.27. The van der Waals surface area contributed by atoms with Gasteiger partial charge in [0.1, 0.15) is 11.9 Å². The molecule has 0 saturated carbocycles. The molecular formula is C10H15N5. The molecule has 1 aromatic heterocycles. The van der Waals surface area contributed by atoms with Gasteiger partial charge in [0.2, 0.25) is 0 Å². The Morgan fingerprint density at radius 3 is 2.60 bits per heavy atom. The number of nitriles is 1. The van der Waals surface area contributed by atoms with Crippen LogP contribution in [0.15, 0.2) is 12.4 Å². The lowest BCUT2D eigenvalue weighted by Gasteiger charge is -2.20. The summed E-state index contributed by atoms with van der Waals surface area (Å²) in [6.07, 6.45) is 2.99. The van der Waals surface area contributed by atoms with Crippen molar-refractivity contribution >= 4 is 5.82 Å². The maximum absolute atomic E-state index is 8.55. The number of nitrogens with two attached hydrogens (primary N) is 1. The van der Waals surface area contributed by atoms with Crippen LogP contribution >= 0.6 is 0 Å². The van der Waals surface area contributed by atoms with Crippen LogP contribution in [0.3, 0.4) is 0 Å². The van der Waals surface area contributed by atoms with Crippen LogP contribution in [-0.4, -0.2) is 22.6 Å². The lowest BCUT2D eigenvalue weighted by molar-refractivity contribution is 0.530. The number of hydrogen-bond donors (Lipinski definition) is 2. The summed E-state index contributed by atoms with van der Waals surface area (Å²) in [6.45, 7) is 4.71. The van der Waals surface area contributed by atoms with Gasteiger partial charge in [-0.2, -0.15) is 5.26 Å². The number of nitrogens with one attached hydrogen (secondary N) is 1. The summed E-state index contributed by atoms with van der Waals surface area (Å²) < 4.78 is 0. The van der Waals surface area contributed by atoms with Crippen molar-refractivity contribution in [2.24, 2.45) is 11.7 Å². The van der Waals surface area contributed by atoms with Crippen molar-refractivity contribution in [3.63, 3.8) is 0 Å². The molecule has 1 heterocycles. The topological polar surface area (TPSA) is 87.6 Å². The maximum Gasteiger partial charge on any atom is 0.158 e. The molecule has 3 N–H and O–H groups in total. The zero-order valence-electron chi connectivity index (χ0n) is 8.94. The third-order valence-corrected chi connectivity index (χ3v) is 2.16. The normalized spacial score (nSPS) is 12.2. The zero-order chi connectivity index (χ0) is 11.3. The fraction of sp³-hybridized carbons (Fsp3) is 0.500. The molecule has 1 unspecified atom stereocenters. The van der Waals surface area contributed by atoms with Crippen LogP contribution in [0.2, 0.25) is 0 Å². The number of aromatic nitrogens is 2. The SMILES string of the molecule is CC(C)C(CN)Nc1cnc(C#N)cn1. The molecule has 80 valence electrons. The summed E-state index contributed by atoms with van der Waals surface area (Å²) in [7, 11) is 0. The first kappa shape index (κ1) is 11.4. The van der Waals surface area contributed by atoms with Gasteiger partial charge in [0, 0.05) is 12.6 Å². The second-order valence-electron chi connectivity index (χ2n) is 3.63. The third kappa shape index (κ3) is 3.18. The van der Waals surface area contributed by atoms with Gasteiger partial charge in [0.15, 0.2) is 5.69 Å². The summed E-state index contributed by atoms with van der Waals surface area (Å²) in [4.78, 5) is 7.98. The molecule has 0 aliphatic carbocycles. The molecular weight excluding hydrogens is 190 g/mol. The van der Waals surface area contributed by atoms with E-state index >= 15 is 0 Å². The van der Waals surface area contributed by atoms with E-state index in [1.54, 1.807) is 6.20 Å². The Labute approximate surface area is 89.3 Å². The lowest BCUT2D eigenvalue weighted by atomic mass is 10.1. The van der Waals surface area contributed by atoms with Gasteiger partial charge >= 0.3 is 0 Å². The van der Waals surface area contributed by atoms with E-state index in [9.17, 15) is 0 Å². The van der Waals surface area contributed by atoms with Crippen LogP contribution in [0.25, 0.3) is 0 Å². The fourth-order valence-electron chi connectivity index (χ4n) is 1.15. The predicted molar refractivity (Wildman–Crippen MR) is 58.1 cm³/mol. The Morgan fingerprint density at radius 2 is 2.20 bits per heavy atom. The van der Waals surface area contributed by atoms with Gasteiger partial charge in [-0.15, -0.1) is 0 Å². The van der Waals surface area contributed by atoms with Crippen LogP contribution in [0.1, 0.15) is 19.5 Å². The van der Waals surface area contributed by atoms with E-state index in [-0.39, 0.29) is 6.04 Å². The largest absolute Gasteiger partial charge is 0.365 e. The maximum atomic E-state index is 8.55. The second-order valence-corrected chi connectivity index (χ2v) is 3.63. The molecule has 0 spiro atoms.